The largest absolute Gasteiger partial charge is 0.437 e. The summed E-state index contributed by atoms with van der Waals surface area (Å²) in [7, 11) is -5.30. The lowest BCUT2D eigenvalue weighted by Crippen LogP contribution is -2.52. The second-order valence-corrected chi connectivity index (χ2v) is 24.8. The first kappa shape index (κ1) is 33.6. The van der Waals surface area contributed by atoms with Crippen LogP contribution >= 0.6 is 0 Å². The molecule has 0 saturated carbocycles. The van der Waals surface area contributed by atoms with Crippen molar-refractivity contribution in [3.63, 3.8) is 0 Å². The van der Waals surface area contributed by atoms with Crippen molar-refractivity contribution in [1.82, 2.24) is 0 Å². The quantitative estimate of drug-likeness (QED) is 0.0937. The van der Waals surface area contributed by atoms with Crippen molar-refractivity contribution < 1.29 is 8.23 Å². The van der Waals surface area contributed by atoms with Crippen molar-refractivity contribution in [2.45, 2.75) is 181 Å². The van der Waals surface area contributed by atoms with Crippen molar-refractivity contribution in [1.29, 1.82) is 0 Å². The van der Waals surface area contributed by atoms with Gasteiger partial charge in [0.2, 0.25) is 0 Å². The molecule has 0 saturated heterocycles. The molecule has 0 aliphatic rings. The van der Waals surface area contributed by atoms with Crippen LogP contribution in [0.1, 0.15) is 129 Å². The lowest BCUT2D eigenvalue weighted by atomic mass is 10.1. The van der Waals surface area contributed by atoms with E-state index in [9.17, 15) is 0 Å². The topological polar surface area (TPSA) is 18.5 Å². The summed E-state index contributed by atoms with van der Waals surface area (Å²) in [6.45, 7) is 18.9. The fourth-order valence-electron chi connectivity index (χ4n) is 5.18. The van der Waals surface area contributed by atoms with Crippen LogP contribution in [-0.2, 0) is 8.23 Å². The summed E-state index contributed by atoms with van der Waals surface area (Å²) in [5.41, 5.74) is 0. The van der Waals surface area contributed by atoms with Gasteiger partial charge in [-0.1, -0.05) is 129 Å². The Morgan fingerprint density at radius 1 is 0.364 bits per heavy atom. The van der Waals surface area contributed by atoms with Gasteiger partial charge in [-0.25, -0.2) is 0 Å². The Morgan fingerprint density at radius 2 is 0.606 bits per heavy atom. The Morgan fingerprint density at radius 3 is 0.879 bits per heavy atom. The van der Waals surface area contributed by atoms with Crippen LogP contribution in [0.2, 0.25) is 51.4 Å². The number of hydrogen-bond acceptors (Lipinski definition) is 2. The van der Waals surface area contributed by atoms with Gasteiger partial charge in [0, 0.05) is 0 Å². The fourth-order valence-corrected chi connectivity index (χ4v) is 19.4. The Bertz CT molecular complexity index is 401. The minimum atomic E-state index is -2.04. The molecule has 200 valence electrons. The van der Waals surface area contributed by atoms with Crippen LogP contribution in [0.15, 0.2) is 0 Å². The van der Waals surface area contributed by atoms with Crippen molar-refractivity contribution in [2.75, 3.05) is 0 Å². The van der Waals surface area contributed by atoms with E-state index < -0.39 is 25.2 Å². The van der Waals surface area contributed by atoms with Gasteiger partial charge in [0.25, 0.3) is 0 Å². The van der Waals surface area contributed by atoms with Crippen molar-refractivity contribution >= 4 is 25.2 Å². The van der Waals surface area contributed by atoms with Crippen LogP contribution in [-0.4, -0.2) is 25.2 Å². The molecule has 0 spiro atoms. The minimum Gasteiger partial charge on any atom is -0.437 e. The number of hydrogen-bond donors (Lipinski definition) is 0. The smallest absolute Gasteiger partial charge is 0.311 e. The molecule has 0 aliphatic carbocycles. The zero-order valence-corrected chi connectivity index (χ0v) is 27.5. The molecule has 0 atom stereocenters. The Labute approximate surface area is 213 Å². The van der Waals surface area contributed by atoms with Gasteiger partial charge in [0.15, 0.2) is 16.6 Å². The molecule has 33 heavy (non-hydrogen) atoms. The van der Waals surface area contributed by atoms with Crippen molar-refractivity contribution in [2.24, 2.45) is 0 Å². The van der Waals surface area contributed by atoms with E-state index in [0.29, 0.717) is 0 Å². The van der Waals surface area contributed by atoms with Gasteiger partial charge in [-0.2, -0.15) is 0 Å². The molecule has 0 rings (SSSR count). The van der Waals surface area contributed by atoms with Crippen LogP contribution in [0.25, 0.3) is 0 Å². The first-order chi connectivity index (χ1) is 15.5. The van der Waals surface area contributed by atoms with Gasteiger partial charge in [-0.15, -0.1) is 0 Å². The van der Waals surface area contributed by atoms with E-state index in [-0.39, 0.29) is 0 Å². The van der Waals surface area contributed by atoms with E-state index in [1.165, 1.54) is 128 Å². The van der Waals surface area contributed by atoms with Crippen LogP contribution in [0.5, 0.6) is 0 Å². The normalized spacial score (nSPS) is 13.1. The molecule has 0 fully saturated rings. The zero-order valence-electron chi connectivity index (χ0n) is 24.5. The summed E-state index contributed by atoms with van der Waals surface area (Å²) in [5, 5.41) is 0. The Hall–Kier alpha value is 0.571. The highest BCUT2D eigenvalue weighted by atomic mass is 28.5. The highest BCUT2D eigenvalue weighted by Crippen LogP contribution is 2.27. The van der Waals surface area contributed by atoms with E-state index in [2.05, 4.69) is 53.1 Å². The second kappa shape index (κ2) is 19.7. The Balaban J connectivity index is 4.00. The average Bonchev–Trinajstić information content (AvgIpc) is 2.69. The van der Waals surface area contributed by atoms with Gasteiger partial charge in [0.05, 0.1) is 0 Å². The lowest BCUT2D eigenvalue weighted by molar-refractivity contribution is 0.385. The highest BCUT2D eigenvalue weighted by Gasteiger charge is 2.39. The molecule has 0 heterocycles. The fraction of sp³-hybridized carbons (Fsp3) is 1.00. The predicted octanol–water partition coefficient (Wildman–Crippen LogP) is 11.2. The van der Waals surface area contributed by atoms with Gasteiger partial charge >= 0.3 is 8.56 Å². The summed E-state index contributed by atoms with van der Waals surface area (Å²) in [6, 6.07) is 2.59. The molecule has 0 amide bonds. The first-order valence-corrected chi connectivity index (χ1v) is 24.0. The van der Waals surface area contributed by atoms with E-state index in [0.717, 1.165) is 0 Å². The molecule has 0 radical (unpaired) electrons. The van der Waals surface area contributed by atoms with E-state index in [1.807, 2.05) is 0 Å². The predicted molar refractivity (Wildman–Crippen MR) is 159 cm³/mol. The molecular weight excluding hydrogens is 453 g/mol. The molecule has 5 heteroatoms. The molecule has 0 N–H and O–H groups in total. The zero-order chi connectivity index (χ0) is 25.1. The van der Waals surface area contributed by atoms with Crippen LogP contribution in [0.4, 0.5) is 0 Å². The maximum atomic E-state index is 6.82. The van der Waals surface area contributed by atoms with Crippen molar-refractivity contribution in [3.05, 3.63) is 0 Å². The molecule has 0 aromatic heterocycles. The molecule has 0 aromatic rings. The summed E-state index contributed by atoms with van der Waals surface area (Å²) in [4.78, 5) is 0. The Kier molecular flexibility index (Phi) is 20.1. The van der Waals surface area contributed by atoms with Crippen LogP contribution in [0.3, 0.4) is 0 Å². The molecule has 0 bridgehead atoms. The van der Waals surface area contributed by atoms with E-state index >= 15 is 0 Å². The highest BCUT2D eigenvalue weighted by molar-refractivity contribution is 6.87. The second-order valence-electron chi connectivity index (χ2n) is 12.3. The number of unbranched alkanes of at least 4 members (excludes halogenated alkanes) is 16. The van der Waals surface area contributed by atoms with Gasteiger partial charge in [-0.05, 0) is 51.4 Å². The summed E-state index contributed by atoms with van der Waals surface area (Å²) >= 11 is 0. The van der Waals surface area contributed by atoms with Gasteiger partial charge in [0.1, 0.15) is 0 Å². The first-order valence-electron chi connectivity index (χ1n) is 14.9. The third kappa shape index (κ3) is 22.8. The molecule has 0 aliphatic heterocycles. The molecular formula is C28H64O2Si3. The lowest BCUT2D eigenvalue weighted by Gasteiger charge is -2.39. The maximum Gasteiger partial charge on any atom is 0.311 e. The summed E-state index contributed by atoms with van der Waals surface area (Å²) in [5.74, 6) is 0. The summed E-state index contributed by atoms with van der Waals surface area (Å²) in [6.07, 6.45) is 25.3. The summed E-state index contributed by atoms with van der Waals surface area (Å²) < 4.78 is 13.6. The third-order valence-electron chi connectivity index (χ3n) is 6.81. The van der Waals surface area contributed by atoms with Crippen LogP contribution in [0, 0.1) is 0 Å². The monoisotopic (exact) mass is 516 g/mol. The number of rotatable bonds is 24. The minimum absolute atomic E-state index is 1.29. The standard InChI is InChI=1S/C28H64O2Si3/c1-9-11-13-15-17-19-21-23-25-27-31(3,4)29-33(7,8)30-32(5,6)28-26-24-22-20-18-16-14-12-10-2/h9-28H2,1-8H3. The molecule has 0 unspecified atom stereocenters. The molecule has 0 aromatic carbocycles. The van der Waals surface area contributed by atoms with E-state index in [4.69, 9.17) is 8.23 Å². The average molecular weight is 517 g/mol. The van der Waals surface area contributed by atoms with Gasteiger partial charge < -0.3 is 8.23 Å². The maximum absolute atomic E-state index is 6.82. The molecule has 2 nitrogen and oxygen atoms in total. The van der Waals surface area contributed by atoms with E-state index in [1.54, 1.807) is 0 Å². The van der Waals surface area contributed by atoms with Crippen LogP contribution < -0.4 is 0 Å². The van der Waals surface area contributed by atoms with Gasteiger partial charge in [-0.3, -0.25) is 0 Å². The third-order valence-corrected chi connectivity index (χ3v) is 18.3. The SMILES string of the molecule is CCCCCCCCCCC[Si](C)(C)O[Si](C)(C)O[Si](C)(C)CCCCCCCCCCC. The van der Waals surface area contributed by atoms with Crippen molar-refractivity contribution in [3.8, 4) is 0 Å².